The summed E-state index contributed by atoms with van der Waals surface area (Å²) in [4.78, 5) is 4.85. The maximum absolute atomic E-state index is 4.94. The Labute approximate surface area is 233 Å². The molecule has 1 fully saturated rings. The summed E-state index contributed by atoms with van der Waals surface area (Å²) >= 11 is 0. The van der Waals surface area contributed by atoms with Crippen LogP contribution in [0.2, 0.25) is 0 Å². The van der Waals surface area contributed by atoms with E-state index >= 15 is 0 Å². The minimum atomic E-state index is 0. The number of nitrogens with zero attached hydrogens (tertiary/aromatic N) is 5. The van der Waals surface area contributed by atoms with Gasteiger partial charge in [-0.2, -0.15) is 0 Å². The molecule has 3 aromatic heterocycles. The third kappa shape index (κ3) is 14.0. The predicted molar refractivity (Wildman–Crippen MR) is 142 cm³/mol. The van der Waals surface area contributed by atoms with Gasteiger partial charge in [0.05, 0.1) is 24.5 Å². The van der Waals surface area contributed by atoms with Gasteiger partial charge < -0.3 is 29.6 Å². The third-order valence-electron chi connectivity index (χ3n) is 5.41. The first-order chi connectivity index (χ1) is 15.3. The standard InChI is InChI=1S/C21H31N5.C4H8O.3CH4.2ClH/c1-3-5-10-23-12-14-25(18-23)16-20-8-7-9-21(22-20)17-26-15-13-24(19-26)11-6-4-2;1-2-4-5-3-1;;;;;/h7-9,12-15,18-19H,3-6,10-11,16-17H2,1-2H3;1-4H2;3*1H4;2*1H/q+2;;;;;;/p-2. The number of imidazole rings is 2. The lowest BCUT2D eigenvalue weighted by Gasteiger charge is -2.01. The lowest BCUT2D eigenvalue weighted by molar-refractivity contribution is -0.689. The zero-order valence-corrected chi connectivity index (χ0v) is 21.6. The van der Waals surface area contributed by atoms with Gasteiger partial charge in [0.1, 0.15) is 37.9 Å². The fourth-order valence-corrected chi connectivity index (χ4v) is 3.60. The van der Waals surface area contributed by atoms with Crippen molar-refractivity contribution in [1.82, 2.24) is 14.1 Å². The Morgan fingerprint density at radius 2 is 1.22 bits per heavy atom. The van der Waals surface area contributed by atoms with Gasteiger partial charge in [-0.05, 0) is 37.8 Å². The molecule has 0 bridgehead atoms. The molecule has 0 saturated carbocycles. The molecule has 0 aliphatic carbocycles. The van der Waals surface area contributed by atoms with Gasteiger partial charge in [-0.1, -0.05) is 55.0 Å². The van der Waals surface area contributed by atoms with E-state index < -0.39 is 0 Å². The van der Waals surface area contributed by atoms with E-state index in [-0.39, 0.29) is 47.1 Å². The summed E-state index contributed by atoms with van der Waals surface area (Å²) in [5.74, 6) is 0. The van der Waals surface area contributed by atoms with Gasteiger partial charge in [-0.25, -0.2) is 23.3 Å². The summed E-state index contributed by atoms with van der Waals surface area (Å²) in [6, 6.07) is 6.33. The van der Waals surface area contributed by atoms with E-state index in [1.807, 2.05) is 0 Å². The van der Waals surface area contributed by atoms with Gasteiger partial charge in [0, 0.05) is 13.2 Å². The molecule has 0 atom stereocenters. The summed E-state index contributed by atoms with van der Waals surface area (Å²) in [6.07, 6.45) is 20.3. The Hall–Kier alpha value is -1.89. The van der Waals surface area contributed by atoms with Crippen molar-refractivity contribution in [2.45, 2.75) is 101 Å². The normalized spacial score (nSPS) is 11.4. The van der Waals surface area contributed by atoms with E-state index in [2.05, 4.69) is 87.8 Å². The van der Waals surface area contributed by atoms with Crippen LogP contribution in [0.5, 0.6) is 0 Å². The summed E-state index contributed by atoms with van der Waals surface area (Å²) in [7, 11) is 0. The quantitative estimate of drug-likeness (QED) is 0.328. The molecule has 1 saturated heterocycles. The van der Waals surface area contributed by atoms with Crippen molar-refractivity contribution in [2.24, 2.45) is 0 Å². The number of ether oxygens (including phenoxy) is 1. The number of unbranched alkanes of at least 4 members (excludes halogenated alkanes) is 2. The van der Waals surface area contributed by atoms with Crippen molar-refractivity contribution < 1.29 is 38.7 Å². The Bertz CT molecular complexity index is 822. The van der Waals surface area contributed by atoms with Gasteiger partial charge in [0.25, 0.3) is 0 Å². The molecule has 0 radical (unpaired) electrons. The van der Waals surface area contributed by atoms with E-state index in [1.54, 1.807) is 0 Å². The van der Waals surface area contributed by atoms with Crippen LogP contribution in [0.3, 0.4) is 0 Å². The monoisotopic (exact) mass is 543 g/mol. The highest BCUT2D eigenvalue weighted by Crippen LogP contribution is 2.01. The highest BCUT2D eigenvalue weighted by atomic mass is 35.5. The van der Waals surface area contributed by atoms with Crippen LogP contribution in [0.4, 0.5) is 0 Å². The van der Waals surface area contributed by atoms with E-state index in [0.717, 1.165) is 50.8 Å². The van der Waals surface area contributed by atoms with Crippen LogP contribution in [-0.4, -0.2) is 27.3 Å². The molecule has 0 N–H and O–H groups in total. The number of hydrogen-bond acceptors (Lipinski definition) is 2. The molecule has 0 amide bonds. The van der Waals surface area contributed by atoms with Crippen LogP contribution in [0.25, 0.3) is 0 Å². The molecule has 8 heteroatoms. The molecule has 208 valence electrons. The SMILES string of the molecule is C.C.C.C1CCOC1.CCCCn1cc[n+](Cc2cccc(C[n+]3ccn(CCCC)c3)n2)c1.[Cl-].[Cl-]. The van der Waals surface area contributed by atoms with Crippen LogP contribution >= 0.6 is 0 Å². The summed E-state index contributed by atoms with van der Waals surface area (Å²) in [5.41, 5.74) is 2.21. The number of hydrogen-bond donors (Lipinski definition) is 0. The summed E-state index contributed by atoms with van der Waals surface area (Å²) < 4.78 is 13.9. The first-order valence-electron chi connectivity index (χ1n) is 11.9. The molecule has 3 aromatic rings. The lowest BCUT2D eigenvalue weighted by atomic mass is 10.3. The van der Waals surface area contributed by atoms with Gasteiger partial charge in [0.2, 0.25) is 12.7 Å². The van der Waals surface area contributed by atoms with Gasteiger partial charge in [0.15, 0.2) is 0 Å². The van der Waals surface area contributed by atoms with Crippen molar-refractivity contribution >= 4 is 0 Å². The van der Waals surface area contributed by atoms with Gasteiger partial charge in [-0.15, -0.1) is 0 Å². The first-order valence-corrected chi connectivity index (χ1v) is 11.9. The fraction of sp³-hybridized carbons (Fsp3) is 0.607. The van der Waals surface area contributed by atoms with Crippen molar-refractivity contribution in [2.75, 3.05) is 13.2 Å². The van der Waals surface area contributed by atoms with Gasteiger partial charge in [-0.3, -0.25) is 0 Å². The van der Waals surface area contributed by atoms with Crippen LogP contribution in [0.15, 0.2) is 55.6 Å². The molecule has 0 spiro atoms. The van der Waals surface area contributed by atoms with Gasteiger partial charge >= 0.3 is 0 Å². The van der Waals surface area contributed by atoms with Crippen LogP contribution in [0, 0.1) is 0 Å². The van der Waals surface area contributed by atoms with Crippen molar-refractivity contribution in [1.29, 1.82) is 0 Å². The molecule has 0 aromatic carbocycles. The Balaban J connectivity index is -0.000000977. The minimum absolute atomic E-state index is 0. The number of aromatic nitrogens is 5. The Kier molecular flexibility index (Phi) is 24.0. The topological polar surface area (TPSA) is 39.7 Å². The second-order valence-electron chi connectivity index (χ2n) is 8.29. The molecular formula is C28H51Cl2N5O. The maximum atomic E-state index is 4.94. The molecule has 1 aliphatic rings. The minimum Gasteiger partial charge on any atom is -1.00 e. The Morgan fingerprint density at radius 1 is 0.778 bits per heavy atom. The maximum Gasteiger partial charge on any atom is 0.244 e. The van der Waals surface area contributed by atoms with Crippen molar-refractivity contribution in [3.8, 4) is 0 Å². The number of rotatable bonds is 10. The molecule has 6 nitrogen and oxygen atoms in total. The Morgan fingerprint density at radius 3 is 1.58 bits per heavy atom. The third-order valence-corrected chi connectivity index (χ3v) is 5.41. The fourth-order valence-electron chi connectivity index (χ4n) is 3.60. The number of pyridine rings is 1. The predicted octanol–water partition coefficient (Wildman–Crippen LogP) is -0.330. The van der Waals surface area contributed by atoms with Crippen molar-refractivity contribution in [3.63, 3.8) is 0 Å². The zero-order chi connectivity index (χ0) is 21.7. The van der Waals surface area contributed by atoms with E-state index in [0.29, 0.717) is 0 Å². The summed E-state index contributed by atoms with van der Waals surface area (Å²) in [6.45, 7) is 10.3. The zero-order valence-electron chi connectivity index (χ0n) is 20.1. The van der Waals surface area contributed by atoms with Crippen LogP contribution < -0.4 is 33.9 Å². The van der Waals surface area contributed by atoms with E-state index in [9.17, 15) is 0 Å². The second kappa shape index (κ2) is 22.3. The van der Waals surface area contributed by atoms with Crippen LogP contribution in [0.1, 0.15) is 86.0 Å². The average molecular weight is 545 g/mol. The number of aryl methyl sites for hydroxylation is 2. The average Bonchev–Trinajstić information content (AvgIpc) is 3.55. The van der Waals surface area contributed by atoms with E-state index in [4.69, 9.17) is 9.72 Å². The van der Waals surface area contributed by atoms with Crippen molar-refractivity contribution in [3.05, 3.63) is 67.0 Å². The smallest absolute Gasteiger partial charge is 0.244 e. The largest absolute Gasteiger partial charge is 1.00 e. The molecule has 4 rings (SSSR count). The highest BCUT2D eigenvalue weighted by Gasteiger charge is 2.09. The highest BCUT2D eigenvalue weighted by molar-refractivity contribution is 5.09. The van der Waals surface area contributed by atoms with E-state index in [1.165, 1.54) is 38.5 Å². The molecular weight excluding hydrogens is 493 g/mol. The molecule has 4 heterocycles. The lowest BCUT2D eigenvalue weighted by Crippen LogP contribution is -3.00. The second-order valence-corrected chi connectivity index (χ2v) is 8.29. The van der Waals surface area contributed by atoms with Crippen LogP contribution in [-0.2, 0) is 30.9 Å². The molecule has 1 aliphatic heterocycles. The number of halogens is 2. The first kappa shape index (κ1) is 38.6. The molecule has 0 unspecified atom stereocenters. The summed E-state index contributed by atoms with van der Waals surface area (Å²) in [5, 5.41) is 0. The molecule has 36 heavy (non-hydrogen) atoms.